The van der Waals surface area contributed by atoms with Gasteiger partial charge in [-0.2, -0.15) is 0 Å². The number of aliphatic imine (C=N–C) groups is 1. The van der Waals surface area contributed by atoms with E-state index in [0.29, 0.717) is 6.54 Å². The minimum atomic E-state index is 0. The number of guanidine groups is 1. The Morgan fingerprint density at radius 2 is 1.85 bits per heavy atom. The molecule has 0 atom stereocenters. The number of aromatic nitrogens is 3. The Labute approximate surface area is 181 Å². The maximum Gasteiger partial charge on any atom is 0.194 e. The van der Waals surface area contributed by atoms with Gasteiger partial charge in [-0.05, 0) is 29.8 Å². The smallest absolute Gasteiger partial charge is 0.194 e. The Morgan fingerprint density at radius 3 is 2.52 bits per heavy atom. The molecule has 1 heterocycles. The van der Waals surface area contributed by atoms with Gasteiger partial charge in [0.15, 0.2) is 11.8 Å². The summed E-state index contributed by atoms with van der Waals surface area (Å²) in [4.78, 5) is 6.40. The molecular weight excluding hydrogens is 475 g/mol. The van der Waals surface area contributed by atoms with Gasteiger partial charge in [0.25, 0.3) is 0 Å². The van der Waals surface area contributed by atoms with Gasteiger partial charge >= 0.3 is 0 Å². The Morgan fingerprint density at radius 1 is 1.15 bits per heavy atom. The van der Waals surface area contributed by atoms with Gasteiger partial charge in [-0.15, -0.1) is 34.2 Å². The molecule has 0 aliphatic carbocycles. The molecule has 0 saturated heterocycles. The van der Waals surface area contributed by atoms with E-state index in [2.05, 4.69) is 20.5 Å². The van der Waals surface area contributed by atoms with E-state index < -0.39 is 0 Å². The normalized spacial score (nSPS) is 11.0. The molecule has 0 spiro atoms. The highest BCUT2D eigenvalue weighted by atomic mass is 127. The van der Waals surface area contributed by atoms with Crippen LogP contribution in [0.5, 0.6) is 0 Å². The van der Waals surface area contributed by atoms with Crippen LogP contribution in [0.1, 0.15) is 11.4 Å². The summed E-state index contributed by atoms with van der Waals surface area (Å²) in [5, 5.41) is 12.3. The second kappa shape index (κ2) is 10.3. The molecule has 0 saturated carbocycles. The Bertz CT molecular complexity index is 863. The van der Waals surface area contributed by atoms with Crippen molar-refractivity contribution >= 4 is 41.5 Å². The first-order valence-electron chi connectivity index (χ1n) is 8.28. The summed E-state index contributed by atoms with van der Waals surface area (Å²) < 4.78 is 1.96. The van der Waals surface area contributed by atoms with E-state index in [0.717, 1.165) is 34.6 Å². The molecule has 0 bridgehead atoms. The largest absolute Gasteiger partial charge is 0.349 e. The van der Waals surface area contributed by atoms with E-state index >= 15 is 0 Å². The SMILES string of the molecule is CN=C(NCc1nncn1-c1ccccc1)N(C)Cc1ccc(Cl)cc1.I. The second-order valence-electron chi connectivity index (χ2n) is 5.84. The number of para-hydroxylation sites is 1. The number of hydrogen-bond donors (Lipinski definition) is 1. The third-order valence-electron chi connectivity index (χ3n) is 3.96. The zero-order valence-electron chi connectivity index (χ0n) is 15.2. The predicted octanol–water partition coefficient (Wildman–Crippen LogP) is 3.75. The molecule has 1 N–H and O–H groups in total. The maximum absolute atomic E-state index is 5.95. The number of halogens is 2. The summed E-state index contributed by atoms with van der Waals surface area (Å²) in [6.45, 7) is 1.24. The molecule has 142 valence electrons. The molecule has 6 nitrogen and oxygen atoms in total. The predicted molar refractivity (Wildman–Crippen MR) is 120 cm³/mol. The average Bonchev–Trinajstić information content (AvgIpc) is 3.13. The molecule has 0 aliphatic heterocycles. The van der Waals surface area contributed by atoms with Gasteiger partial charge in [0.1, 0.15) is 6.33 Å². The molecule has 3 rings (SSSR count). The van der Waals surface area contributed by atoms with Crippen LogP contribution in [0, 0.1) is 0 Å². The van der Waals surface area contributed by atoms with Gasteiger partial charge in [-0.3, -0.25) is 9.56 Å². The Hall–Kier alpha value is -2.13. The molecule has 27 heavy (non-hydrogen) atoms. The Balaban J connectivity index is 0.00000261. The van der Waals surface area contributed by atoms with Gasteiger partial charge in [0.05, 0.1) is 6.54 Å². The van der Waals surface area contributed by atoms with Crippen molar-refractivity contribution in [2.75, 3.05) is 14.1 Å². The van der Waals surface area contributed by atoms with Gasteiger partial charge in [0, 0.05) is 31.4 Å². The van der Waals surface area contributed by atoms with Crippen molar-refractivity contribution in [3.63, 3.8) is 0 Å². The number of hydrogen-bond acceptors (Lipinski definition) is 3. The summed E-state index contributed by atoms with van der Waals surface area (Å²) in [7, 11) is 3.76. The minimum absolute atomic E-state index is 0. The van der Waals surface area contributed by atoms with Crippen LogP contribution in [-0.2, 0) is 13.1 Å². The van der Waals surface area contributed by atoms with E-state index in [9.17, 15) is 0 Å². The monoisotopic (exact) mass is 496 g/mol. The van der Waals surface area contributed by atoms with Crippen molar-refractivity contribution in [2.24, 2.45) is 4.99 Å². The first kappa shape index (κ1) is 21.2. The zero-order chi connectivity index (χ0) is 18.4. The van der Waals surface area contributed by atoms with Crippen LogP contribution in [0.4, 0.5) is 0 Å². The van der Waals surface area contributed by atoms with Crippen LogP contribution in [0.25, 0.3) is 5.69 Å². The fourth-order valence-corrected chi connectivity index (χ4v) is 2.79. The average molecular weight is 497 g/mol. The lowest BCUT2D eigenvalue weighted by Gasteiger charge is -2.22. The van der Waals surface area contributed by atoms with Crippen molar-refractivity contribution in [3.8, 4) is 5.69 Å². The number of nitrogens with zero attached hydrogens (tertiary/aromatic N) is 5. The standard InChI is InChI=1S/C19H21ClN6.HI/c1-21-19(25(2)13-15-8-10-16(20)11-9-15)22-12-18-24-23-14-26(18)17-6-4-3-5-7-17;/h3-11,14H,12-13H2,1-2H3,(H,21,22);1H. The fraction of sp³-hybridized carbons (Fsp3) is 0.211. The Kier molecular flexibility index (Phi) is 8.05. The van der Waals surface area contributed by atoms with Gasteiger partial charge in [-0.25, -0.2) is 0 Å². The van der Waals surface area contributed by atoms with Gasteiger partial charge in [-0.1, -0.05) is 41.9 Å². The molecule has 0 radical (unpaired) electrons. The first-order chi connectivity index (χ1) is 12.7. The van der Waals surface area contributed by atoms with Crippen LogP contribution in [0.15, 0.2) is 65.9 Å². The zero-order valence-corrected chi connectivity index (χ0v) is 18.3. The summed E-state index contributed by atoms with van der Waals surface area (Å²) in [6, 6.07) is 17.8. The van der Waals surface area contributed by atoms with Crippen molar-refractivity contribution in [1.82, 2.24) is 25.0 Å². The molecular formula is C19H22ClIN6. The number of benzene rings is 2. The van der Waals surface area contributed by atoms with Crippen LogP contribution in [0.2, 0.25) is 5.02 Å². The lowest BCUT2D eigenvalue weighted by atomic mass is 10.2. The highest BCUT2D eigenvalue weighted by Crippen LogP contribution is 2.11. The van der Waals surface area contributed by atoms with Crippen molar-refractivity contribution in [2.45, 2.75) is 13.1 Å². The van der Waals surface area contributed by atoms with Crippen LogP contribution in [0.3, 0.4) is 0 Å². The minimum Gasteiger partial charge on any atom is -0.349 e. The summed E-state index contributed by atoms with van der Waals surface area (Å²) in [5.74, 6) is 1.60. The highest BCUT2D eigenvalue weighted by Gasteiger charge is 2.10. The first-order valence-corrected chi connectivity index (χ1v) is 8.65. The quantitative estimate of drug-likeness (QED) is 0.332. The van der Waals surface area contributed by atoms with Crippen LogP contribution in [-0.4, -0.2) is 39.7 Å². The molecule has 1 aromatic heterocycles. The van der Waals surface area contributed by atoms with E-state index in [-0.39, 0.29) is 24.0 Å². The molecule has 3 aromatic rings. The van der Waals surface area contributed by atoms with Crippen molar-refractivity contribution < 1.29 is 0 Å². The molecule has 2 aromatic carbocycles. The molecule has 0 fully saturated rings. The third-order valence-corrected chi connectivity index (χ3v) is 4.22. The molecule has 0 amide bonds. The molecule has 8 heteroatoms. The van der Waals surface area contributed by atoms with Crippen molar-refractivity contribution in [1.29, 1.82) is 0 Å². The van der Waals surface area contributed by atoms with E-state index in [4.69, 9.17) is 11.6 Å². The van der Waals surface area contributed by atoms with Gasteiger partial charge < -0.3 is 10.2 Å². The van der Waals surface area contributed by atoms with Crippen LogP contribution >= 0.6 is 35.6 Å². The summed E-state index contributed by atoms with van der Waals surface area (Å²) in [5.41, 5.74) is 2.19. The van der Waals surface area contributed by atoms with E-state index in [1.807, 2.05) is 71.1 Å². The fourth-order valence-electron chi connectivity index (χ4n) is 2.67. The van der Waals surface area contributed by atoms with E-state index in [1.54, 1.807) is 13.4 Å². The van der Waals surface area contributed by atoms with Crippen molar-refractivity contribution in [3.05, 3.63) is 77.3 Å². The van der Waals surface area contributed by atoms with E-state index in [1.165, 1.54) is 0 Å². The maximum atomic E-state index is 5.95. The molecule has 0 aliphatic rings. The summed E-state index contributed by atoms with van der Waals surface area (Å²) in [6.07, 6.45) is 1.71. The lowest BCUT2D eigenvalue weighted by molar-refractivity contribution is 0.475. The highest BCUT2D eigenvalue weighted by molar-refractivity contribution is 14.0. The summed E-state index contributed by atoms with van der Waals surface area (Å²) >= 11 is 5.95. The topological polar surface area (TPSA) is 58.3 Å². The van der Waals surface area contributed by atoms with Gasteiger partial charge in [0.2, 0.25) is 0 Å². The second-order valence-corrected chi connectivity index (χ2v) is 6.27. The number of nitrogens with one attached hydrogen (secondary N) is 1. The van der Waals surface area contributed by atoms with Crippen LogP contribution < -0.4 is 5.32 Å². The number of rotatable bonds is 5. The third kappa shape index (κ3) is 5.67. The molecule has 0 unspecified atom stereocenters. The lowest BCUT2D eigenvalue weighted by Crippen LogP contribution is -2.38.